The van der Waals surface area contributed by atoms with Gasteiger partial charge in [0, 0.05) is 31.7 Å². The Hall–Kier alpha value is -4.24. The van der Waals surface area contributed by atoms with Gasteiger partial charge in [0.25, 0.3) is 0 Å². The van der Waals surface area contributed by atoms with E-state index in [1.807, 2.05) is 41.8 Å². The molecule has 39 heavy (non-hydrogen) atoms. The summed E-state index contributed by atoms with van der Waals surface area (Å²) >= 11 is 0. The number of carboxylic acids is 1. The number of fused-ring (bicyclic) bond motifs is 1. The molecule has 15 heteroatoms. The van der Waals surface area contributed by atoms with E-state index in [1.54, 1.807) is 6.20 Å². The fraction of sp³-hybridized carbons (Fsp3) is 0.375. The minimum atomic E-state index is -5.08. The van der Waals surface area contributed by atoms with Crippen molar-refractivity contribution in [3.63, 3.8) is 0 Å². The van der Waals surface area contributed by atoms with Gasteiger partial charge in [-0.25, -0.2) is 19.4 Å². The van der Waals surface area contributed by atoms with Crippen molar-refractivity contribution in [2.24, 2.45) is 0 Å². The molecule has 4 heterocycles. The topological polar surface area (TPSA) is 155 Å². The van der Waals surface area contributed by atoms with Crippen LogP contribution in [0, 0.1) is 0 Å². The number of nitrogens with two attached hydrogens (primary N) is 1. The molecule has 208 valence electrons. The van der Waals surface area contributed by atoms with Crippen LogP contribution in [0.5, 0.6) is 5.75 Å². The number of aliphatic carboxylic acids is 1. The molecule has 1 saturated heterocycles. The molecule has 1 fully saturated rings. The molecule has 3 aromatic heterocycles. The van der Waals surface area contributed by atoms with Crippen LogP contribution < -0.4 is 10.5 Å². The van der Waals surface area contributed by atoms with Crippen LogP contribution >= 0.6 is 0 Å². The summed E-state index contributed by atoms with van der Waals surface area (Å²) < 4.78 is 50.2. The second-order valence-corrected chi connectivity index (χ2v) is 8.32. The van der Waals surface area contributed by atoms with Gasteiger partial charge in [0.2, 0.25) is 0 Å². The lowest BCUT2D eigenvalue weighted by molar-refractivity contribution is -0.192. The summed E-state index contributed by atoms with van der Waals surface area (Å²) in [7, 11) is 0. The molecular formula is C24H26F3N7O5. The van der Waals surface area contributed by atoms with Crippen molar-refractivity contribution in [2.75, 3.05) is 45.2 Å². The minimum Gasteiger partial charge on any atom is -0.488 e. The van der Waals surface area contributed by atoms with E-state index in [9.17, 15) is 13.2 Å². The number of rotatable bonds is 7. The highest BCUT2D eigenvalue weighted by molar-refractivity contribution is 5.95. The molecule has 0 bridgehead atoms. The highest BCUT2D eigenvalue weighted by atomic mass is 19.4. The number of ether oxygens (including phenoxy) is 2. The zero-order valence-corrected chi connectivity index (χ0v) is 20.9. The fourth-order valence-electron chi connectivity index (χ4n) is 3.97. The number of pyridine rings is 1. The number of hydrogen-bond acceptors (Lipinski definition) is 10. The third kappa shape index (κ3) is 6.43. The van der Waals surface area contributed by atoms with E-state index >= 15 is 0 Å². The molecule has 1 aromatic carbocycles. The number of halogens is 3. The smallest absolute Gasteiger partial charge is 0.488 e. The van der Waals surface area contributed by atoms with Gasteiger partial charge < -0.3 is 24.9 Å². The van der Waals surface area contributed by atoms with Gasteiger partial charge in [-0.3, -0.25) is 4.90 Å². The number of anilines is 1. The van der Waals surface area contributed by atoms with Crippen molar-refractivity contribution in [1.29, 1.82) is 0 Å². The van der Waals surface area contributed by atoms with Crippen LogP contribution in [0.15, 0.2) is 41.2 Å². The number of aryl methyl sites for hydroxylation is 1. The Kier molecular flexibility index (Phi) is 8.61. The lowest BCUT2D eigenvalue weighted by atomic mass is 10.1. The summed E-state index contributed by atoms with van der Waals surface area (Å²) in [5.41, 5.74) is 9.69. The van der Waals surface area contributed by atoms with Gasteiger partial charge in [0.1, 0.15) is 17.6 Å². The largest absolute Gasteiger partial charge is 0.490 e. The maximum atomic E-state index is 10.6. The van der Waals surface area contributed by atoms with Crippen LogP contribution in [-0.2, 0) is 16.1 Å². The molecule has 1 aliphatic rings. The Labute approximate surface area is 220 Å². The Morgan fingerprint density at radius 3 is 2.44 bits per heavy atom. The van der Waals surface area contributed by atoms with Crippen molar-refractivity contribution in [3.05, 3.63) is 36.5 Å². The monoisotopic (exact) mass is 549 g/mol. The average molecular weight is 550 g/mol. The first-order valence-corrected chi connectivity index (χ1v) is 12.0. The maximum Gasteiger partial charge on any atom is 0.490 e. The highest BCUT2D eigenvalue weighted by Gasteiger charge is 2.38. The quantitative estimate of drug-likeness (QED) is 0.349. The van der Waals surface area contributed by atoms with Crippen LogP contribution in [0.3, 0.4) is 0 Å². The van der Waals surface area contributed by atoms with E-state index in [4.69, 9.17) is 39.7 Å². The number of carbonyl (C=O) groups is 1. The molecule has 0 spiro atoms. The van der Waals surface area contributed by atoms with Crippen LogP contribution in [0.4, 0.5) is 19.0 Å². The van der Waals surface area contributed by atoms with Crippen molar-refractivity contribution in [2.45, 2.75) is 19.6 Å². The van der Waals surface area contributed by atoms with E-state index in [0.717, 1.165) is 55.1 Å². The second-order valence-electron chi connectivity index (χ2n) is 8.32. The van der Waals surface area contributed by atoms with Gasteiger partial charge in [-0.1, -0.05) is 30.3 Å². The molecule has 0 amide bonds. The van der Waals surface area contributed by atoms with Crippen LogP contribution in [-0.4, -0.2) is 86.5 Å². The number of nitrogens with zero attached hydrogens (tertiary/aromatic N) is 6. The Bertz CT molecular complexity index is 1400. The molecule has 5 rings (SSSR count). The third-order valence-electron chi connectivity index (χ3n) is 5.84. The van der Waals surface area contributed by atoms with Gasteiger partial charge in [-0.15, -0.1) is 0 Å². The summed E-state index contributed by atoms with van der Waals surface area (Å²) in [6.07, 6.45) is -3.31. The normalized spacial score (nSPS) is 14.2. The predicted octanol–water partition coefficient (Wildman–Crippen LogP) is 3.09. The number of carboxylic acid groups (broad SMARTS) is 1. The van der Waals surface area contributed by atoms with Crippen LogP contribution in [0.25, 0.3) is 33.8 Å². The van der Waals surface area contributed by atoms with E-state index in [-0.39, 0.29) is 5.82 Å². The molecular weight excluding hydrogens is 523 g/mol. The van der Waals surface area contributed by atoms with Gasteiger partial charge in [-0.05, 0) is 17.2 Å². The summed E-state index contributed by atoms with van der Waals surface area (Å²) in [6, 6.07) is 9.95. The molecule has 0 radical (unpaired) electrons. The molecule has 0 unspecified atom stereocenters. The summed E-state index contributed by atoms with van der Waals surface area (Å²) in [5.74, 6) is -1.32. The SMILES string of the molecule is CCn1c(-c2nonc2N)nc2c(-c3ccccc3)ncc(OCCN3CCOCC3)c21.O=C(O)C(F)(F)F. The van der Waals surface area contributed by atoms with E-state index < -0.39 is 12.1 Å². The minimum absolute atomic E-state index is 0.194. The number of alkyl halides is 3. The van der Waals surface area contributed by atoms with E-state index in [2.05, 4.69) is 15.2 Å². The average Bonchev–Trinajstić information content (AvgIpc) is 3.53. The van der Waals surface area contributed by atoms with E-state index in [1.165, 1.54) is 0 Å². The molecule has 12 nitrogen and oxygen atoms in total. The number of nitrogen functional groups attached to an aromatic ring is 1. The van der Waals surface area contributed by atoms with Gasteiger partial charge >= 0.3 is 12.1 Å². The van der Waals surface area contributed by atoms with Crippen molar-refractivity contribution in [1.82, 2.24) is 29.7 Å². The Morgan fingerprint density at radius 1 is 1.15 bits per heavy atom. The first-order valence-electron chi connectivity index (χ1n) is 12.0. The summed E-state index contributed by atoms with van der Waals surface area (Å²) in [5, 5.41) is 14.8. The highest BCUT2D eigenvalue weighted by Crippen LogP contribution is 2.36. The van der Waals surface area contributed by atoms with Gasteiger partial charge in [0.15, 0.2) is 23.1 Å². The molecule has 3 N–H and O–H groups in total. The zero-order chi connectivity index (χ0) is 28.0. The molecule has 1 aliphatic heterocycles. The summed E-state index contributed by atoms with van der Waals surface area (Å²) in [4.78, 5) is 20.8. The zero-order valence-electron chi connectivity index (χ0n) is 20.9. The second kappa shape index (κ2) is 12.1. The van der Waals surface area contributed by atoms with Crippen molar-refractivity contribution < 1.29 is 37.2 Å². The fourth-order valence-corrected chi connectivity index (χ4v) is 3.97. The van der Waals surface area contributed by atoms with Gasteiger partial charge in [-0.2, -0.15) is 13.2 Å². The lowest BCUT2D eigenvalue weighted by Gasteiger charge is -2.26. The van der Waals surface area contributed by atoms with Crippen molar-refractivity contribution in [3.8, 4) is 28.5 Å². The predicted molar refractivity (Wildman–Crippen MR) is 133 cm³/mol. The number of morpholine rings is 1. The third-order valence-corrected chi connectivity index (χ3v) is 5.84. The molecule has 4 aromatic rings. The number of aromatic nitrogens is 5. The van der Waals surface area contributed by atoms with Crippen LogP contribution in [0.1, 0.15) is 6.92 Å². The van der Waals surface area contributed by atoms with Crippen molar-refractivity contribution >= 4 is 22.8 Å². The standard InChI is InChI=1S/C22H25N7O3.C2HF3O2/c1-2-29-20-16(31-13-10-28-8-11-30-12-9-28)14-24-17(15-6-4-3-5-7-15)18(20)25-22(29)19-21(23)27-32-26-19;3-2(4,5)1(6)7/h3-7,14H,2,8-13H2,1H3,(H2,23,27);(H,6,7). The lowest BCUT2D eigenvalue weighted by Crippen LogP contribution is -2.38. The first-order chi connectivity index (χ1) is 18.7. The first kappa shape index (κ1) is 27.8. The van der Waals surface area contributed by atoms with Gasteiger partial charge in [0.05, 0.1) is 25.1 Å². The number of hydrogen-bond donors (Lipinski definition) is 2. The van der Waals surface area contributed by atoms with E-state index in [0.29, 0.717) is 30.4 Å². The van der Waals surface area contributed by atoms with Crippen LogP contribution in [0.2, 0.25) is 0 Å². The molecule has 0 aliphatic carbocycles. The number of imidazole rings is 1. The Balaban J connectivity index is 0.000000448. The number of benzene rings is 1. The molecule has 0 saturated carbocycles. The molecule has 0 atom stereocenters. The summed E-state index contributed by atoms with van der Waals surface area (Å²) in [6.45, 7) is 7.38. The maximum absolute atomic E-state index is 10.6. The Morgan fingerprint density at radius 2 is 1.85 bits per heavy atom.